The Morgan fingerprint density at radius 3 is 2.86 bits per heavy atom. The second-order valence-corrected chi connectivity index (χ2v) is 5.61. The molecule has 0 radical (unpaired) electrons. The van der Waals surface area contributed by atoms with Crippen molar-refractivity contribution >= 4 is 27.5 Å². The number of anilines is 1. The topological polar surface area (TPSA) is 29.5 Å². The smallest absolute Gasteiger partial charge is 0.258 e. The summed E-state index contributed by atoms with van der Waals surface area (Å²) < 4.78 is 19.6. The summed E-state index contributed by atoms with van der Waals surface area (Å²) >= 11 is 3.09. The summed E-state index contributed by atoms with van der Waals surface area (Å²) in [7, 11) is 0. The number of ether oxygens (including phenoxy) is 1. The number of amides is 1. The van der Waals surface area contributed by atoms with Gasteiger partial charge < -0.3 is 9.64 Å². The lowest BCUT2D eigenvalue weighted by molar-refractivity contribution is 0.0986. The normalized spacial score (nSPS) is 14.1. The van der Waals surface area contributed by atoms with Gasteiger partial charge in [0, 0.05) is 12.1 Å². The Bertz CT molecular complexity index is 690. The minimum atomic E-state index is -0.444. The molecule has 21 heavy (non-hydrogen) atoms. The van der Waals surface area contributed by atoms with Gasteiger partial charge in [-0.3, -0.25) is 4.79 Å². The van der Waals surface area contributed by atoms with E-state index in [2.05, 4.69) is 15.9 Å². The average molecular weight is 350 g/mol. The first-order valence-corrected chi connectivity index (χ1v) is 7.45. The van der Waals surface area contributed by atoms with E-state index in [0.29, 0.717) is 28.9 Å². The van der Waals surface area contributed by atoms with Gasteiger partial charge in [0.1, 0.15) is 11.6 Å². The fraction of sp³-hybridized carbons (Fsp3) is 0.188. The lowest BCUT2D eigenvalue weighted by atomic mass is 10.1. The summed E-state index contributed by atoms with van der Waals surface area (Å²) in [5, 5.41) is 0. The van der Waals surface area contributed by atoms with E-state index in [0.717, 1.165) is 12.1 Å². The van der Waals surface area contributed by atoms with Gasteiger partial charge >= 0.3 is 0 Å². The molecule has 0 saturated heterocycles. The van der Waals surface area contributed by atoms with Crippen LogP contribution in [0.15, 0.2) is 46.9 Å². The van der Waals surface area contributed by atoms with Crippen molar-refractivity contribution in [2.75, 3.05) is 18.1 Å². The zero-order valence-electron chi connectivity index (χ0n) is 11.2. The van der Waals surface area contributed by atoms with Gasteiger partial charge in [-0.05, 0) is 52.7 Å². The van der Waals surface area contributed by atoms with E-state index in [4.69, 9.17) is 4.74 Å². The Labute approximate surface area is 130 Å². The Kier molecular flexibility index (Phi) is 3.92. The van der Waals surface area contributed by atoms with Crippen molar-refractivity contribution in [3.05, 3.63) is 58.3 Å². The van der Waals surface area contributed by atoms with Crippen LogP contribution >= 0.6 is 15.9 Å². The van der Waals surface area contributed by atoms with Crippen molar-refractivity contribution in [3.63, 3.8) is 0 Å². The van der Waals surface area contributed by atoms with E-state index >= 15 is 0 Å². The molecule has 3 nitrogen and oxygen atoms in total. The number of fused-ring (bicyclic) bond motifs is 1. The fourth-order valence-electron chi connectivity index (χ4n) is 2.32. The zero-order chi connectivity index (χ0) is 14.8. The molecular formula is C16H13BrFNO2. The van der Waals surface area contributed by atoms with Gasteiger partial charge in [-0.15, -0.1) is 0 Å². The van der Waals surface area contributed by atoms with Crippen LogP contribution in [0.1, 0.15) is 16.8 Å². The highest BCUT2D eigenvalue weighted by Gasteiger charge is 2.23. The Morgan fingerprint density at radius 1 is 1.24 bits per heavy atom. The van der Waals surface area contributed by atoms with Gasteiger partial charge in [0.2, 0.25) is 0 Å². The number of carbonyl (C=O) groups excluding carboxylic acids is 1. The minimum Gasteiger partial charge on any atom is -0.491 e. The van der Waals surface area contributed by atoms with Crippen LogP contribution in [0.5, 0.6) is 5.75 Å². The number of rotatable bonds is 1. The molecule has 3 rings (SSSR count). The van der Waals surface area contributed by atoms with Crippen LogP contribution in [0, 0.1) is 5.82 Å². The highest BCUT2D eigenvalue weighted by Crippen LogP contribution is 2.31. The molecule has 0 atom stereocenters. The van der Waals surface area contributed by atoms with Crippen molar-refractivity contribution in [2.24, 2.45) is 0 Å². The molecule has 1 amide bonds. The number of benzene rings is 2. The molecule has 0 bridgehead atoms. The molecule has 2 aromatic carbocycles. The average Bonchev–Trinajstić information content (AvgIpc) is 2.71. The SMILES string of the molecule is O=C(c1ccc(Br)c(F)c1)N1CCCOc2ccccc21. The van der Waals surface area contributed by atoms with E-state index in [1.165, 1.54) is 6.07 Å². The second kappa shape index (κ2) is 5.85. The molecule has 1 aliphatic rings. The maximum Gasteiger partial charge on any atom is 0.258 e. The maximum absolute atomic E-state index is 13.6. The molecule has 5 heteroatoms. The van der Waals surface area contributed by atoms with Crippen LogP contribution in [-0.2, 0) is 0 Å². The molecule has 2 aromatic rings. The van der Waals surface area contributed by atoms with Gasteiger partial charge in [-0.25, -0.2) is 4.39 Å². The van der Waals surface area contributed by atoms with Crippen molar-refractivity contribution in [1.82, 2.24) is 0 Å². The highest BCUT2D eigenvalue weighted by molar-refractivity contribution is 9.10. The predicted octanol–water partition coefficient (Wildman–Crippen LogP) is 4.02. The largest absolute Gasteiger partial charge is 0.491 e. The quantitative estimate of drug-likeness (QED) is 0.778. The van der Waals surface area contributed by atoms with Gasteiger partial charge in [-0.1, -0.05) is 12.1 Å². The van der Waals surface area contributed by atoms with Crippen LogP contribution in [-0.4, -0.2) is 19.1 Å². The lowest BCUT2D eigenvalue weighted by Gasteiger charge is -2.21. The van der Waals surface area contributed by atoms with Crippen molar-refractivity contribution < 1.29 is 13.9 Å². The zero-order valence-corrected chi connectivity index (χ0v) is 12.8. The van der Waals surface area contributed by atoms with Gasteiger partial charge in [0.15, 0.2) is 0 Å². The van der Waals surface area contributed by atoms with Crippen molar-refractivity contribution in [1.29, 1.82) is 0 Å². The Hall–Kier alpha value is -1.88. The second-order valence-electron chi connectivity index (χ2n) is 4.76. The Balaban J connectivity index is 1.99. The summed E-state index contributed by atoms with van der Waals surface area (Å²) in [6.45, 7) is 1.11. The molecule has 0 spiro atoms. The first-order chi connectivity index (χ1) is 10.2. The molecule has 108 valence electrons. The number of halogens is 2. The van der Waals surface area contributed by atoms with Crippen LogP contribution in [0.2, 0.25) is 0 Å². The van der Waals surface area contributed by atoms with Crippen LogP contribution in [0.3, 0.4) is 0 Å². The number of para-hydroxylation sites is 2. The van der Waals surface area contributed by atoms with Crippen molar-refractivity contribution in [3.8, 4) is 5.75 Å². The molecule has 0 fully saturated rings. The first kappa shape index (κ1) is 14.1. The van der Waals surface area contributed by atoms with E-state index in [-0.39, 0.29) is 5.91 Å². The maximum atomic E-state index is 13.6. The highest BCUT2D eigenvalue weighted by atomic mass is 79.9. The third kappa shape index (κ3) is 2.78. The molecule has 0 N–H and O–H groups in total. The molecule has 0 aliphatic carbocycles. The molecule has 1 aliphatic heterocycles. The number of nitrogens with zero attached hydrogens (tertiary/aromatic N) is 1. The summed E-state index contributed by atoms with van der Waals surface area (Å²) in [4.78, 5) is 14.3. The molecule has 0 aromatic heterocycles. The molecule has 0 saturated carbocycles. The summed E-state index contributed by atoms with van der Waals surface area (Å²) in [6.07, 6.45) is 0.736. The molecule has 0 unspecified atom stereocenters. The summed E-state index contributed by atoms with van der Waals surface area (Å²) in [5.74, 6) is 0.0143. The van der Waals surface area contributed by atoms with E-state index in [9.17, 15) is 9.18 Å². The molecule has 1 heterocycles. The lowest BCUT2D eigenvalue weighted by Crippen LogP contribution is -2.31. The standard InChI is InChI=1S/C16H13BrFNO2/c17-12-7-6-11(10-13(12)18)16(20)19-8-3-9-21-15-5-2-1-4-14(15)19/h1-2,4-7,10H,3,8-9H2. The van der Waals surface area contributed by atoms with Crippen molar-refractivity contribution in [2.45, 2.75) is 6.42 Å². The van der Waals surface area contributed by atoms with Crippen LogP contribution < -0.4 is 9.64 Å². The number of hydrogen-bond donors (Lipinski definition) is 0. The fourth-order valence-corrected chi connectivity index (χ4v) is 2.57. The van der Waals surface area contributed by atoms with Crippen LogP contribution in [0.25, 0.3) is 0 Å². The van der Waals surface area contributed by atoms with E-state index in [1.807, 2.05) is 24.3 Å². The Morgan fingerprint density at radius 2 is 2.05 bits per heavy atom. The summed E-state index contributed by atoms with van der Waals surface area (Å²) in [5.41, 5.74) is 1.05. The first-order valence-electron chi connectivity index (χ1n) is 6.65. The predicted molar refractivity (Wildman–Crippen MR) is 82.3 cm³/mol. The third-order valence-corrected chi connectivity index (χ3v) is 3.99. The monoisotopic (exact) mass is 349 g/mol. The van der Waals surface area contributed by atoms with Gasteiger partial charge in [0.05, 0.1) is 16.8 Å². The third-order valence-electron chi connectivity index (χ3n) is 3.35. The van der Waals surface area contributed by atoms with Gasteiger partial charge in [-0.2, -0.15) is 0 Å². The number of hydrogen-bond acceptors (Lipinski definition) is 2. The summed E-state index contributed by atoms with van der Waals surface area (Å²) in [6, 6.07) is 11.8. The minimum absolute atomic E-state index is 0.223. The van der Waals surface area contributed by atoms with E-state index in [1.54, 1.807) is 17.0 Å². The van der Waals surface area contributed by atoms with E-state index < -0.39 is 5.82 Å². The molecular weight excluding hydrogens is 337 g/mol. The van der Waals surface area contributed by atoms with Gasteiger partial charge in [0.25, 0.3) is 5.91 Å². The number of carbonyl (C=O) groups is 1. The van der Waals surface area contributed by atoms with Crippen LogP contribution in [0.4, 0.5) is 10.1 Å².